The minimum atomic E-state index is -0.146. The van der Waals surface area contributed by atoms with Gasteiger partial charge in [0.05, 0.1) is 0 Å². The third kappa shape index (κ3) is 4.03. The maximum absolute atomic E-state index is 6.72. The molecule has 0 spiro atoms. The van der Waals surface area contributed by atoms with Crippen LogP contribution < -0.4 is 0 Å². The first-order chi connectivity index (χ1) is 26.8. The fourth-order valence-corrected chi connectivity index (χ4v) is 10.5. The van der Waals surface area contributed by atoms with Crippen molar-refractivity contribution < 1.29 is 4.42 Å². The van der Waals surface area contributed by atoms with Gasteiger partial charge in [0.25, 0.3) is 0 Å². The quantitative estimate of drug-likeness (QED) is 0.163. The molecule has 0 bridgehead atoms. The highest BCUT2D eigenvalue weighted by Gasteiger charge is 2.38. The number of rotatable bonds is 2. The molecule has 0 amide bonds. The Morgan fingerprint density at radius 1 is 0.345 bits per heavy atom. The van der Waals surface area contributed by atoms with Gasteiger partial charge in [0, 0.05) is 27.0 Å². The van der Waals surface area contributed by atoms with Gasteiger partial charge in [0.2, 0.25) is 0 Å². The summed E-state index contributed by atoms with van der Waals surface area (Å²) >= 11 is 0. The number of benzene rings is 9. The van der Waals surface area contributed by atoms with Crippen molar-refractivity contribution in [2.75, 3.05) is 0 Å². The molecule has 0 saturated heterocycles. The molecule has 2 aliphatic rings. The molecule has 0 N–H and O–H groups in total. The second-order valence-corrected chi connectivity index (χ2v) is 16.8. The van der Waals surface area contributed by atoms with Crippen molar-refractivity contribution in [1.29, 1.82) is 0 Å². The smallest absolute Gasteiger partial charge is 0.143 e. The average Bonchev–Trinajstić information content (AvgIpc) is 3.78. The lowest BCUT2D eigenvalue weighted by Gasteiger charge is -2.23. The second-order valence-electron chi connectivity index (χ2n) is 16.8. The van der Waals surface area contributed by atoms with Gasteiger partial charge in [-0.05, 0) is 124 Å². The summed E-state index contributed by atoms with van der Waals surface area (Å²) < 4.78 is 6.72. The number of fused-ring (bicyclic) bond motifs is 13. The highest BCUT2D eigenvalue weighted by molar-refractivity contribution is 6.22. The normalized spacial score (nSPS) is 14.8. The Bertz CT molecular complexity index is 3260. The first-order valence-corrected chi connectivity index (χ1v) is 19.5. The Balaban J connectivity index is 1.08. The lowest BCUT2D eigenvalue weighted by atomic mass is 9.80. The number of furan rings is 1. The summed E-state index contributed by atoms with van der Waals surface area (Å²) in [6.45, 7) is 9.48. The minimum Gasteiger partial charge on any atom is -0.455 e. The molecule has 55 heavy (non-hydrogen) atoms. The number of hydrogen-bond acceptors (Lipinski definition) is 1. The second kappa shape index (κ2) is 10.6. The standard InChI is InChI=1S/C54H38O/c1-53(2)45-20-12-11-15-35(45)36-24-22-33(28-47(36)53)51-39-18-9-7-16-37(39)50(38-17-8-10-19-40(38)51)32-23-26-46-42(27-32)43-30-49-44(29-48(43)54(46,3)4)41-25-21-31-13-5-6-14-34(31)52(41)55-49/h5-30H,1-4H3. The fraction of sp³-hybridized carbons (Fsp3) is 0.111. The van der Waals surface area contributed by atoms with E-state index in [2.05, 4.69) is 185 Å². The lowest BCUT2D eigenvalue weighted by Crippen LogP contribution is -2.14. The molecule has 0 radical (unpaired) electrons. The van der Waals surface area contributed by atoms with E-state index in [-0.39, 0.29) is 10.8 Å². The lowest BCUT2D eigenvalue weighted by molar-refractivity contribution is 0.658. The first kappa shape index (κ1) is 31.0. The molecule has 0 saturated carbocycles. The van der Waals surface area contributed by atoms with Crippen LogP contribution in [-0.4, -0.2) is 0 Å². The molecular formula is C54H38O. The Kier molecular flexibility index (Phi) is 5.98. The Hall–Kier alpha value is -6.44. The molecule has 12 rings (SSSR count). The predicted octanol–water partition coefficient (Wildman–Crippen LogP) is 15.0. The van der Waals surface area contributed by atoms with E-state index < -0.39 is 0 Å². The van der Waals surface area contributed by atoms with Crippen LogP contribution in [0, 0.1) is 0 Å². The van der Waals surface area contributed by atoms with Crippen LogP contribution in [0.2, 0.25) is 0 Å². The molecule has 1 nitrogen and oxygen atoms in total. The van der Waals surface area contributed by atoms with E-state index in [0.29, 0.717) is 0 Å². The zero-order valence-electron chi connectivity index (χ0n) is 31.4. The van der Waals surface area contributed by atoms with E-state index in [4.69, 9.17) is 4.42 Å². The van der Waals surface area contributed by atoms with Crippen molar-refractivity contribution in [3.05, 3.63) is 180 Å². The summed E-state index contributed by atoms with van der Waals surface area (Å²) in [5.74, 6) is 0. The van der Waals surface area contributed by atoms with Gasteiger partial charge in [0.1, 0.15) is 11.2 Å². The summed E-state index contributed by atoms with van der Waals surface area (Å²) in [5.41, 5.74) is 17.6. The van der Waals surface area contributed by atoms with Crippen LogP contribution >= 0.6 is 0 Å². The van der Waals surface area contributed by atoms with E-state index in [1.54, 1.807) is 0 Å². The summed E-state index contributed by atoms with van der Waals surface area (Å²) in [6, 6.07) is 59.0. The van der Waals surface area contributed by atoms with E-state index in [0.717, 1.165) is 16.6 Å². The van der Waals surface area contributed by atoms with Gasteiger partial charge >= 0.3 is 0 Å². The van der Waals surface area contributed by atoms with Gasteiger partial charge < -0.3 is 4.42 Å². The van der Waals surface area contributed by atoms with Crippen LogP contribution in [-0.2, 0) is 10.8 Å². The minimum absolute atomic E-state index is 0.0658. The van der Waals surface area contributed by atoms with Gasteiger partial charge in [-0.1, -0.05) is 155 Å². The fourth-order valence-electron chi connectivity index (χ4n) is 10.5. The summed E-state index contributed by atoms with van der Waals surface area (Å²) in [7, 11) is 0. The molecule has 1 heteroatoms. The van der Waals surface area contributed by atoms with Gasteiger partial charge in [0.15, 0.2) is 0 Å². The van der Waals surface area contributed by atoms with Gasteiger partial charge in [-0.3, -0.25) is 0 Å². The van der Waals surface area contributed by atoms with Crippen molar-refractivity contribution in [2.45, 2.75) is 38.5 Å². The van der Waals surface area contributed by atoms with Crippen LogP contribution in [0.3, 0.4) is 0 Å². The van der Waals surface area contributed by atoms with Crippen molar-refractivity contribution >= 4 is 54.3 Å². The molecule has 1 heterocycles. The SMILES string of the molecule is CC1(C)c2ccccc2-c2ccc(-c3c4ccccc4c(-c4ccc5c(c4)-c4cc6oc7c8ccccc8ccc7c6cc4C5(C)C)c4ccccc34)cc21. The third-order valence-corrected chi connectivity index (χ3v) is 13.3. The largest absolute Gasteiger partial charge is 0.455 e. The van der Waals surface area contributed by atoms with Gasteiger partial charge in [-0.25, -0.2) is 0 Å². The van der Waals surface area contributed by atoms with Crippen LogP contribution in [0.5, 0.6) is 0 Å². The molecule has 1 aromatic heterocycles. The summed E-state index contributed by atoms with van der Waals surface area (Å²) in [5, 5.41) is 9.84. The zero-order valence-corrected chi connectivity index (χ0v) is 31.4. The zero-order chi connectivity index (χ0) is 36.8. The maximum atomic E-state index is 6.72. The molecule has 0 aliphatic heterocycles. The van der Waals surface area contributed by atoms with E-state index >= 15 is 0 Å². The highest BCUT2D eigenvalue weighted by atomic mass is 16.3. The van der Waals surface area contributed by atoms with Crippen molar-refractivity contribution in [1.82, 2.24) is 0 Å². The Labute approximate surface area is 320 Å². The summed E-state index contributed by atoms with van der Waals surface area (Å²) in [6.07, 6.45) is 0. The molecule has 2 aliphatic carbocycles. The van der Waals surface area contributed by atoms with Crippen molar-refractivity contribution in [3.8, 4) is 44.5 Å². The maximum Gasteiger partial charge on any atom is 0.143 e. The number of hydrogen-bond donors (Lipinski definition) is 0. The first-order valence-electron chi connectivity index (χ1n) is 19.5. The van der Waals surface area contributed by atoms with E-state index in [1.165, 1.54) is 104 Å². The molecule has 260 valence electrons. The van der Waals surface area contributed by atoms with Crippen molar-refractivity contribution in [2.24, 2.45) is 0 Å². The Morgan fingerprint density at radius 2 is 0.873 bits per heavy atom. The molecular weight excluding hydrogens is 665 g/mol. The Morgan fingerprint density at radius 3 is 1.58 bits per heavy atom. The topological polar surface area (TPSA) is 13.1 Å². The van der Waals surface area contributed by atoms with E-state index in [9.17, 15) is 0 Å². The summed E-state index contributed by atoms with van der Waals surface area (Å²) in [4.78, 5) is 0. The molecule has 10 aromatic rings. The average molecular weight is 703 g/mol. The van der Waals surface area contributed by atoms with Crippen LogP contribution in [0.1, 0.15) is 49.9 Å². The molecule has 0 fully saturated rings. The van der Waals surface area contributed by atoms with Crippen LogP contribution in [0.25, 0.3) is 98.8 Å². The van der Waals surface area contributed by atoms with Gasteiger partial charge in [-0.15, -0.1) is 0 Å². The molecule has 0 atom stereocenters. The van der Waals surface area contributed by atoms with Crippen LogP contribution in [0.4, 0.5) is 0 Å². The highest BCUT2D eigenvalue weighted by Crippen LogP contribution is 2.54. The molecule has 9 aromatic carbocycles. The van der Waals surface area contributed by atoms with Crippen LogP contribution in [0.15, 0.2) is 162 Å². The third-order valence-electron chi connectivity index (χ3n) is 13.3. The monoisotopic (exact) mass is 702 g/mol. The van der Waals surface area contributed by atoms with Gasteiger partial charge in [-0.2, -0.15) is 0 Å². The van der Waals surface area contributed by atoms with Crippen molar-refractivity contribution in [3.63, 3.8) is 0 Å². The predicted molar refractivity (Wildman–Crippen MR) is 232 cm³/mol. The van der Waals surface area contributed by atoms with E-state index in [1.807, 2.05) is 0 Å². The molecule has 0 unspecified atom stereocenters.